The van der Waals surface area contributed by atoms with E-state index >= 15 is 0 Å². The topological polar surface area (TPSA) is 112 Å². The molecule has 2 N–H and O–H groups in total. The lowest BCUT2D eigenvalue weighted by molar-refractivity contribution is -0.135. The maximum Gasteiger partial charge on any atom is 0.283 e. The third kappa shape index (κ3) is 3.50. The number of aromatic nitrogens is 2. The number of ether oxygens (including phenoxy) is 2. The van der Waals surface area contributed by atoms with E-state index in [1.54, 1.807) is 48.5 Å². The summed E-state index contributed by atoms with van der Waals surface area (Å²) in [6, 6.07) is 13.8. The summed E-state index contributed by atoms with van der Waals surface area (Å²) in [6.07, 6.45) is 0.390. The van der Waals surface area contributed by atoms with Gasteiger partial charge in [-0.2, -0.15) is 0 Å². The van der Waals surface area contributed by atoms with Crippen LogP contribution in [0.2, 0.25) is 0 Å². The van der Waals surface area contributed by atoms with Crippen LogP contribution in [0, 0.1) is 0 Å². The van der Waals surface area contributed by atoms with Crippen molar-refractivity contribution < 1.29 is 19.1 Å². The second kappa shape index (κ2) is 7.39. The van der Waals surface area contributed by atoms with E-state index in [4.69, 9.17) is 9.47 Å². The Morgan fingerprint density at radius 3 is 2.68 bits per heavy atom. The Balaban J connectivity index is 1.35. The molecule has 0 saturated carbocycles. The van der Waals surface area contributed by atoms with Crippen LogP contribution in [-0.2, 0) is 16.1 Å². The number of nitrogens with zero attached hydrogens (tertiary/aromatic N) is 2. The molecule has 1 atom stereocenters. The van der Waals surface area contributed by atoms with Gasteiger partial charge in [0.2, 0.25) is 6.10 Å². The van der Waals surface area contributed by atoms with Crippen LogP contribution in [0.4, 0.5) is 0 Å². The van der Waals surface area contributed by atoms with Crippen molar-refractivity contribution in [1.29, 1.82) is 0 Å². The first-order valence-electron chi connectivity index (χ1n) is 8.53. The van der Waals surface area contributed by atoms with Crippen LogP contribution in [0.15, 0.2) is 59.7 Å². The van der Waals surface area contributed by atoms with Gasteiger partial charge in [0.05, 0.1) is 17.2 Å². The molecular formula is C19H16N4O5. The van der Waals surface area contributed by atoms with Crippen LogP contribution >= 0.6 is 0 Å². The van der Waals surface area contributed by atoms with E-state index in [1.807, 2.05) is 0 Å². The first-order valence-corrected chi connectivity index (χ1v) is 8.53. The van der Waals surface area contributed by atoms with Gasteiger partial charge in [0.1, 0.15) is 13.2 Å². The molecule has 9 nitrogen and oxygen atoms in total. The van der Waals surface area contributed by atoms with Gasteiger partial charge in [-0.25, -0.2) is 4.98 Å². The highest BCUT2D eigenvalue weighted by molar-refractivity contribution is 5.85. The highest BCUT2D eigenvalue weighted by atomic mass is 16.6. The number of hydrazine groups is 1. The molecule has 0 spiro atoms. The molecule has 2 heterocycles. The Hall–Kier alpha value is -3.88. The van der Waals surface area contributed by atoms with Crippen LogP contribution in [0.1, 0.15) is 0 Å². The summed E-state index contributed by atoms with van der Waals surface area (Å²) >= 11 is 0. The third-order valence-corrected chi connectivity index (χ3v) is 4.17. The van der Waals surface area contributed by atoms with Crippen molar-refractivity contribution in [2.75, 3.05) is 6.61 Å². The zero-order chi connectivity index (χ0) is 19.5. The quantitative estimate of drug-likeness (QED) is 0.636. The Labute approximate surface area is 158 Å². The molecule has 0 radical (unpaired) electrons. The first-order chi connectivity index (χ1) is 13.6. The Morgan fingerprint density at radius 1 is 1.07 bits per heavy atom. The normalized spacial score (nSPS) is 15.1. The molecule has 142 valence electrons. The average Bonchev–Trinajstić information content (AvgIpc) is 2.74. The van der Waals surface area contributed by atoms with Crippen molar-refractivity contribution in [2.45, 2.75) is 12.6 Å². The molecule has 0 bridgehead atoms. The van der Waals surface area contributed by atoms with Gasteiger partial charge >= 0.3 is 0 Å². The monoisotopic (exact) mass is 380 g/mol. The van der Waals surface area contributed by atoms with Crippen LogP contribution in [0.5, 0.6) is 11.5 Å². The highest BCUT2D eigenvalue weighted by Crippen LogP contribution is 2.30. The number of hydrogen-bond acceptors (Lipinski definition) is 6. The van der Waals surface area contributed by atoms with Crippen LogP contribution < -0.4 is 25.9 Å². The summed E-state index contributed by atoms with van der Waals surface area (Å²) in [5, 5.41) is 0.410. The van der Waals surface area contributed by atoms with E-state index in [2.05, 4.69) is 15.8 Å². The van der Waals surface area contributed by atoms with Gasteiger partial charge in [0, 0.05) is 0 Å². The van der Waals surface area contributed by atoms with E-state index in [-0.39, 0.29) is 18.7 Å². The average molecular weight is 380 g/mol. The SMILES string of the molecule is O=C(Cn1cnc2ccccc2c1=O)NNC(=O)[C@@H]1COc2ccccc2O1. The van der Waals surface area contributed by atoms with Gasteiger partial charge in [0.25, 0.3) is 17.4 Å². The van der Waals surface area contributed by atoms with Crippen molar-refractivity contribution in [2.24, 2.45) is 0 Å². The predicted molar refractivity (Wildman–Crippen MR) is 98.6 cm³/mol. The summed E-state index contributed by atoms with van der Waals surface area (Å²) in [5.74, 6) is -0.135. The van der Waals surface area contributed by atoms with Gasteiger partial charge in [-0.05, 0) is 24.3 Å². The maximum atomic E-state index is 12.4. The lowest BCUT2D eigenvalue weighted by atomic mass is 10.2. The molecule has 0 aliphatic carbocycles. The summed E-state index contributed by atoms with van der Waals surface area (Å²) in [6.45, 7) is -0.269. The fourth-order valence-electron chi connectivity index (χ4n) is 2.77. The van der Waals surface area contributed by atoms with Crippen molar-refractivity contribution in [3.63, 3.8) is 0 Å². The van der Waals surface area contributed by atoms with Crippen LogP contribution in [-0.4, -0.2) is 34.1 Å². The third-order valence-electron chi connectivity index (χ3n) is 4.17. The molecule has 28 heavy (non-hydrogen) atoms. The molecule has 2 aromatic carbocycles. The molecule has 2 amide bonds. The lowest BCUT2D eigenvalue weighted by Crippen LogP contribution is -2.51. The van der Waals surface area contributed by atoms with Gasteiger partial charge in [-0.1, -0.05) is 24.3 Å². The Morgan fingerprint density at radius 2 is 1.82 bits per heavy atom. The van der Waals surface area contributed by atoms with E-state index < -0.39 is 17.9 Å². The Bertz CT molecular complexity index is 1110. The smallest absolute Gasteiger partial charge is 0.283 e. The first kappa shape index (κ1) is 17.5. The number of carbonyl (C=O) groups is 2. The molecule has 9 heteroatoms. The second-order valence-electron chi connectivity index (χ2n) is 6.10. The molecule has 0 unspecified atom stereocenters. The van der Waals surface area contributed by atoms with Crippen molar-refractivity contribution >= 4 is 22.7 Å². The van der Waals surface area contributed by atoms with Gasteiger partial charge < -0.3 is 9.47 Å². The molecule has 0 fully saturated rings. The molecule has 0 saturated heterocycles. The molecule has 1 aliphatic heterocycles. The number of carbonyl (C=O) groups excluding carboxylic acids is 2. The van der Waals surface area contributed by atoms with E-state index in [1.165, 1.54) is 10.9 Å². The fraction of sp³-hybridized carbons (Fsp3) is 0.158. The summed E-state index contributed by atoms with van der Waals surface area (Å²) in [4.78, 5) is 40.8. The molecule has 4 rings (SSSR count). The largest absolute Gasteiger partial charge is 0.485 e. The van der Waals surface area contributed by atoms with Gasteiger partial charge in [0.15, 0.2) is 11.5 Å². The number of hydrogen-bond donors (Lipinski definition) is 2. The minimum absolute atomic E-state index is 0.0206. The minimum atomic E-state index is -0.903. The number of nitrogens with one attached hydrogen (secondary N) is 2. The van der Waals surface area contributed by atoms with Crippen LogP contribution in [0.3, 0.4) is 0 Å². The standard InChI is InChI=1S/C19H16N4O5/c24-17(9-23-11-20-13-6-2-1-5-12(13)19(23)26)21-22-18(25)16-10-27-14-7-3-4-8-15(14)28-16/h1-8,11,16H,9-10H2,(H,21,24)(H,22,25)/t16-/m0/s1. The predicted octanol–water partition coefficient (Wildman–Crippen LogP) is 0.384. The number of para-hydroxylation sites is 3. The van der Waals surface area contributed by atoms with E-state index in [0.717, 1.165) is 0 Å². The Kier molecular flexibility index (Phi) is 4.63. The van der Waals surface area contributed by atoms with E-state index in [9.17, 15) is 14.4 Å². The van der Waals surface area contributed by atoms with Crippen molar-refractivity contribution in [1.82, 2.24) is 20.4 Å². The zero-order valence-corrected chi connectivity index (χ0v) is 14.6. The number of rotatable bonds is 3. The number of fused-ring (bicyclic) bond motifs is 2. The number of amides is 2. The molecular weight excluding hydrogens is 364 g/mol. The summed E-state index contributed by atoms with van der Waals surface area (Å²) in [7, 11) is 0. The molecule has 1 aliphatic rings. The highest BCUT2D eigenvalue weighted by Gasteiger charge is 2.27. The maximum absolute atomic E-state index is 12.4. The minimum Gasteiger partial charge on any atom is -0.485 e. The second-order valence-corrected chi connectivity index (χ2v) is 6.10. The summed E-state index contributed by atoms with van der Waals surface area (Å²) in [5.41, 5.74) is 4.75. The lowest BCUT2D eigenvalue weighted by Gasteiger charge is -2.25. The van der Waals surface area contributed by atoms with Crippen molar-refractivity contribution in [3.8, 4) is 11.5 Å². The number of benzene rings is 2. The zero-order valence-electron chi connectivity index (χ0n) is 14.6. The van der Waals surface area contributed by atoms with Gasteiger partial charge in [-0.15, -0.1) is 0 Å². The fourth-order valence-corrected chi connectivity index (χ4v) is 2.77. The van der Waals surface area contributed by atoms with Crippen LogP contribution in [0.25, 0.3) is 10.9 Å². The molecule has 3 aromatic rings. The van der Waals surface area contributed by atoms with E-state index in [0.29, 0.717) is 22.4 Å². The van der Waals surface area contributed by atoms with Crippen molar-refractivity contribution in [3.05, 3.63) is 65.2 Å². The summed E-state index contributed by atoms with van der Waals surface area (Å²) < 4.78 is 12.2. The van der Waals surface area contributed by atoms with Gasteiger partial charge in [-0.3, -0.25) is 29.8 Å². The molecule has 1 aromatic heterocycles.